The van der Waals surface area contributed by atoms with Crippen LogP contribution in [0.5, 0.6) is 0 Å². The summed E-state index contributed by atoms with van der Waals surface area (Å²) in [6, 6.07) is 14.1. The molecule has 0 aliphatic carbocycles. The molecule has 0 spiro atoms. The Balaban J connectivity index is 1.88. The van der Waals surface area contributed by atoms with Crippen LogP contribution in [0.3, 0.4) is 0 Å². The number of carboxylic acids is 1. The Morgan fingerprint density at radius 3 is 2.50 bits per heavy atom. The van der Waals surface area contributed by atoms with Gasteiger partial charge in [0.2, 0.25) is 0 Å². The van der Waals surface area contributed by atoms with E-state index < -0.39 is 5.97 Å². The number of carbonyl (C=O) groups excluding carboxylic acids is 1. The van der Waals surface area contributed by atoms with Crippen molar-refractivity contribution in [3.63, 3.8) is 0 Å². The predicted molar refractivity (Wildman–Crippen MR) is 111 cm³/mol. The maximum Gasteiger partial charge on any atom is 0.335 e. The first kappa shape index (κ1) is 19.4. The molecule has 0 radical (unpaired) electrons. The van der Waals surface area contributed by atoms with E-state index in [0.29, 0.717) is 17.7 Å². The van der Waals surface area contributed by atoms with Gasteiger partial charge < -0.3 is 10.4 Å². The van der Waals surface area contributed by atoms with Gasteiger partial charge in [-0.15, -0.1) is 0 Å². The third kappa shape index (κ3) is 3.96. The van der Waals surface area contributed by atoms with Gasteiger partial charge in [-0.1, -0.05) is 38.5 Å². The van der Waals surface area contributed by atoms with Crippen molar-refractivity contribution in [3.8, 4) is 0 Å². The Bertz CT molecular complexity index is 946. The van der Waals surface area contributed by atoms with E-state index in [4.69, 9.17) is 5.11 Å². The van der Waals surface area contributed by atoms with E-state index in [1.165, 1.54) is 22.7 Å². The molecule has 0 bridgehead atoms. The summed E-state index contributed by atoms with van der Waals surface area (Å²) in [5.74, 6) is -1.23. The molecule has 0 saturated carbocycles. The number of nitrogens with one attached hydrogen (secondary N) is 1. The van der Waals surface area contributed by atoms with Crippen molar-refractivity contribution in [1.82, 2.24) is 0 Å². The fourth-order valence-electron chi connectivity index (χ4n) is 3.06. The quantitative estimate of drug-likeness (QED) is 0.699. The summed E-state index contributed by atoms with van der Waals surface area (Å²) in [6.45, 7) is 4.12. The highest BCUT2D eigenvalue weighted by atomic mass is 16.4. The van der Waals surface area contributed by atoms with Crippen LogP contribution in [0.25, 0.3) is 0 Å². The van der Waals surface area contributed by atoms with Gasteiger partial charge in [-0.2, -0.15) is 10.1 Å². The molecule has 6 nitrogen and oxygen atoms in total. The summed E-state index contributed by atoms with van der Waals surface area (Å²) in [4.78, 5) is 24.0. The lowest BCUT2D eigenvalue weighted by Gasteiger charge is -2.12. The molecule has 3 rings (SSSR count). The molecule has 0 fully saturated rings. The van der Waals surface area contributed by atoms with Crippen LogP contribution in [-0.4, -0.2) is 22.7 Å². The molecule has 0 saturated heterocycles. The molecular formula is C22H23N3O3. The van der Waals surface area contributed by atoms with Crippen molar-refractivity contribution in [2.45, 2.75) is 33.1 Å². The molecule has 6 heteroatoms. The van der Waals surface area contributed by atoms with Gasteiger partial charge in [0.05, 0.1) is 22.5 Å². The molecule has 1 aliphatic rings. The minimum atomic E-state index is -1.01. The van der Waals surface area contributed by atoms with Gasteiger partial charge in [-0.05, 0) is 48.7 Å². The summed E-state index contributed by atoms with van der Waals surface area (Å²) >= 11 is 0. The Kier molecular flexibility index (Phi) is 5.89. The standard InChI is InChI=1S/C22H23N3O3/c1-3-7-20-18(14-23-19-9-6-5-8-15(19)4-2)21(26)25(24-20)17-12-10-16(11-13-17)22(27)28/h5-6,8-14,23H,3-4,7H2,1-2H3,(H,27,28)/b18-14+. The van der Waals surface area contributed by atoms with Crippen molar-refractivity contribution < 1.29 is 14.7 Å². The number of para-hydroxylation sites is 1. The number of nitrogens with zero attached hydrogens (tertiary/aromatic N) is 2. The average Bonchev–Trinajstić information content (AvgIpc) is 3.02. The fourth-order valence-corrected chi connectivity index (χ4v) is 3.06. The second kappa shape index (κ2) is 8.52. The van der Waals surface area contributed by atoms with Gasteiger partial charge in [0.25, 0.3) is 5.91 Å². The summed E-state index contributed by atoms with van der Waals surface area (Å²) in [5, 5.41) is 18.1. The van der Waals surface area contributed by atoms with Gasteiger partial charge in [-0.3, -0.25) is 4.79 Å². The van der Waals surface area contributed by atoms with E-state index in [1.54, 1.807) is 18.3 Å². The second-order valence-corrected chi connectivity index (χ2v) is 6.48. The third-order valence-corrected chi connectivity index (χ3v) is 4.57. The topological polar surface area (TPSA) is 82.0 Å². The number of hydrazone groups is 1. The van der Waals surface area contributed by atoms with Gasteiger partial charge in [0.15, 0.2) is 0 Å². The van der Waals surface area contributed by atoms with Crippen molar-refractivity contribution in [2.24, 2.45) is 5.10 Å². The number of benzene rings is 2. The van der Waals surface area contributed by atoms with E-state index in [2.05, 4.69) is 23.4 Å². The number of amides is 1. The maximum atomic E-state index is 13.0. The molecule has 0 aromatic heterocycles. The smallest absolute Gasteiger partial charge is 0.335 e. The van der Waals surface area contributed by atoms with Crippen molar-refractivity contribution in [2.75, 3.05) is 10.3 Å². The molecule has 1 amide bonds. The molecule has 0 atom stereocenters. The van der Waals surface area contributed by atoms with Crippen LogP contribution in [0.15, 0.2) is 65.4 Å². The zero-order valence-electron chi connectivity index (χ0n) is 16.0. The molecule has 28 heavy (non-hydrogen) atoms. The van der Waals surface area contributed by atoms with Crippen molar-refractivity contribution in [1.29, 1.82) is 0 Å². The molecule has 1 aliphatic heterocycles. The summed E-state index contributed by atoms with van der Waals surface area (Å²) in [6.07, 6.45) is 4.15. The van der Waals surface area contributed by atoms with E-state index in [9.17, 15) is 9.59 Å². The zero-order chi connectivity index (χ0) is 20.1. The predicted octanol–water partition coefficient (Wildman–Crippen LogP) is 4.45. The first-order valence-corrected chi connectivity index (χ1v) is 9.35. The first-order chi connectivity index (χ1) is 13.5. The van der Waals surface area contributed by atoms with Crippen LogP contribution in [0.4, 0.5) is 11.4 Å². The number of aryl methyl sites for hydroxylation is 1. The average molecular weight is 377 g/mol. The molecule has 1 heterocycles. The minimum absolute atomic E-state index is 0.168. The third-order valence-electron chi connectivity index (χ3n) is 4.57. The lowest BCUT2D eigenvalue weighted by atomic mass is 10.1. The van der Waals surface area contributed by atoms with Crippen molar-refractivity contribution >= 4 is 29.0 Å². The number of rotatable bonds is 7. The highest BCUT2D eigenvalue weighted by Crippen LogP contribution is 2.26. The molecule has 0 unspecified atom stereocenters. The van der Waals surface area contributed by atoms with Crippen LogP contribution in [0, 0.1) is 0 Å². The number of hydrogen-bond donors (Lipinski definition) is 2. The molecule has 144 valence electrons. The zero-order valence-corrected chi connectivity index (χ0v) is 16.0. The van der Waals surface area contributed by atoms with E-state index >= 15 is 0 Å². The van der Waals surface area contributed by atoms with E-state index in [-0.39, 0.29) is 11.5 Å². The van der Waals surface area contributed by atoms with Gasteiger partial charge in [0.1, 0.15) is 0 Å². The van der Waals surface area contributed by atoms with Crippen LogP contribution < -0.4 is 10.3 Å². The largest absolute Gasteiger partial charge is 0.478 e. The minimum Gasteiger partial charge on any atom is -0.478 e. The Morgan fingerprint density at radius 1 is 1.14 bits per heavy atom. The fraction of sp³-hybridized carbons (Fsp3) is 0.227. The molecular weight excluding hydrogens is 354 g/mol. The normalized spacial score (nSPS) is 15.1. The number of carbonyl (C=O) groups is 2. The summed E-state index contributed by atoms with van der Waals surface area (Å²) < 4.78 is 0. The lowest BCUT2D eigenvalue weighted by Crippen LogP contribution is -2.22. The first-order valence-electron chi connectivity index (χ1n) is 9.35. The van der Waals surface area contributed by atoms with Gasteiger partial charge >= 0.3 is 5.97 Å². The Morgan fingerprint density at radius 2 is 1.86 bits per heavy atom. The number of anilines is 2. The summed E-state index contributed by atoms with van der Waals surface area (Å²) in [5.41, 5.74) is 4.08. The maximum absolute atomic E-state index is 13.0. The highest BCUT2D eigenvalue weighted by Gasteiger charge is 2.30. The second-order valence-electron chi connectivity index (χ2n) is 6.48. The van der Waals surface area contributed by atoms with E-state index in [0.717, 1.165) is 24.2 Å². The Hall–Kier alpha value is -3.41. The van der Waals surface area contributed by atoms with Crippen LogP contribution in [0.2, 0.25) is 0 Å². The van der Waals surface area contributed by atoms with Crippen LogP contribution in [0.1, 0.15) is 42.6 Å². The highest BCUT2D eigenvalue weighted by molar-refractivity contribution is 6.30. The van der Waals surface area contributed by atoms with Gasteiger partial charge in [0, 0.05) is 11.9 Å². The van der Waals surface area contributed by atoms with E-state index in [1.807, 2.05) is 25.1 Å². The SMILES string of the molecule is CCCC1=NN(c2ccc(C(=O)O)cc2)C(=O)/C1=C/Nc1ccccc1CC. The lowest BCUT2D eigenvalue weighted by molar-refractivity contribution is -0.114. The molecule has 2 aromatic rings. The van der Waals surface area contributed by atoms with Crippen LogP contribution in [-0.2, 0) is 11.2 Å². The summed E-state index contributed by atoms with van der Waals surface area (Å²) in [7, 11) is 0. The Labute approximate surface area is 164 Å². The number of aromatic carboxylic acids is 1. The molecule has 2 aromatic carbocycles. The van der Waals surface area contributed by atoms with Crippen molar-refractivity contribution in [3.05, 3.63) is 71.4 Å². The van der Waals surface area contributed by atoms with Crippen LogP contribution >= 0.6 is 0 Å². The number of carboxylic acid groups (broad SMARTS) is 1. The number of hydrogen-bond acceptors (Lipinski definition) is 4. The van der Waals surface area contributed by atoms with Gasteiger partial charge in [-0.25, -0.2) is 4.79 Å². The molecule has 2 N–H and O–H groups in total. The monoisotopic (exact) mass is 377 g/mol.